The lowest BCUT2D eigenvalue weighted by atomic mass is 9.85. The van der Waals surface area contributed by atoms with E-state index in [1.54, 1.807) is 0 Å². The molecular weight excluding hydrogens is 485 g/mol. The smallest absolute Gasteiger partial charge is 0.392 e. The molecule has 10 heteroatoms. The highest BCUT2D eigenvalue weighted by atomic mass is 35.5. The maximum Gasteiger partial charge on any atom is 0.392 e. The summed E-state index contributed by atoms with van der Waals surface area (Å²) in [5.74, 6) is -6.75. The minimum Gasteiger partial charge on any atom is -0.481 e. The number of aliphatic carboxylic acids is 1. The van der Waals surface area contributed by atoms with Gasteiger partial charge in [0.2, 0.25) is 5.91 Å². The standard InChI is InChI=1S/C23H21Cl2F4NO3/c1-12(23(27,28)29)20(13-2-5-15(24)6-3-13)21(33)30-18-10-14(4-7-17(18)25)16(11-19(31)32)22(26)8-9-22/h2-7,10,12,16,20H,8-9,11H2,1H3,(H,30,33)(H,31,32)/t12-,16?,20+/m1/s1. The summed E-state index contributed by atoms with van der Waals surface area (Å²) in [6.07, 6.45) is -4.72. The molecule has 1 saturated carbocycles. The van der Waals surface area contributed by atoms with Gasteiger partial charge in [-0.15, -0.1) is 0 Å². The van der Waals surface area contributed by atoms with Gasteiger partial charge in [-0.3, -0.25) is 9.59 Å². The molecule has 4 nitrogen and oxygen atoms in total. The molecule has 3 atom stereocenters. The van der Waals surface area contributed by atoms with Crippen molar-refractivity contribution in [3.05, 3.63) is 63.6 Å². The van der Waals surface area contributed by atoms with Crippen LogP contribution < -0.4 is 5.32 Å². The van der Waals surface area contributed by atoms with Gasteiger partial charge >= 0.3 is 12.1 Å². The molecule has 1 unspecified atom stereocenters. The molecule has 2 aromatic carbocycles. The van der Waals surface area contributed by atoms with Crippen LogP contribution in [-0.2, 0) is 9.59 Å². The van der Waals surface area contributed by atoms with E-state index in [9.17, 15) is 32.3 Å². The Morgan fingerprint density at radius 2 is 1.67 bits per heavy atom. The molecule has 178 valence electrons. The molecule has 33 heavy (non-hydrogen) atoms. The summed E-state index contributed by atoms with van der Waals surface area (Å²) in [6.45, 7) is 0.903. The van der Waals surface area contributed by atoms with Gasteiger partial charge in [0.15, 0.2) is 0 Å². The van der Waals surface area contributed by atoms with E-state index in [0.717, 1.165) is 6.92 Å². The first-order chi connectivity index (χ1) is 15.3. The lowest BCUT2D eigenvalue weighted by Crippen LogP contribution is -2.34. The van der Waals surface area contributed by atoms with Gasteiger partial charge in [0.05, 0.1) is 29.0 Å². The third-order valence-corrected chi connectivity index (χ3v) is 6.49. The number of halogens is 6. The monoisotopic (exact) mass is 505 g/mol. The Hall–Kier alpha value is -2.32. The topological polar surface area (TPSA) is 66.4 Å². The third kappa shape index (κ3) is 5.98. The van der Waals surface area contributed by atoms with E-state index in [1.165, 1.54) is 42.5 Å². The van der Waals surface area contributed by atoms with Gasteiger partial charge in [0, 0.05) is 10.9 Å². The number of amides is 1. The Morgan fingerprint density at radius 3 is 2.18 bits per heavy atom. The molecule has 2 N–H and O–H groups in total. The summed E-state index contributed by atoms with van der Waals surface area (Å²) in [4.78, 5) is 24.3. The molecule has 0 radical (unpaired) electrons. The normalized spacial score (nSPS) is 17.7. The average Bonchev–Trinajstić information content (AvgIpc) is 3.47. The van der Waals surface area contributed by atoms with Crippen LogP contribution in [0.15, 0.2) is 42.5 Å². The molecule has 0 spiro atoms. The second kappa shape index (κ2) is 9.50. The molecule has 1 aliphatic carbocycles. The average molecular weight is 506 g/mol. The Morgan fingerprint density at radius 1 is 1.09 bits per heavy atom. The molecule has 0 heterocycles. The zero-order valence-electron chi connectivity index (χ0n) is 17.4. The Labute approximate surface area is 197 Å². The molecule has 0 saturated heterocycles. The van der Waals surface area contributed by atoms with Crippen molar-refractivity contribution in [2.45, 2.75) is 49.9 Å². The fourth-order valence-corrected chi connectivity index (χ4v) is 4.12. The lowest BCUT2D eigenvalue weighted by Gasteiger charge is -2.26. The molecule has 3 rings (SSSR count). The number of carboxylic acids is 1. The van der Waals surface area contributed by atoms with E-state index >= 15 is 0 Å². The number of benzene rings is 2. The van der Waals surface area contributed by atoms with Gasteiger partial charge in [-0.1, -0.05) is 48.3 Å². The SMILES string of the molecule is C[C@H]([C@H](C(=O)Nc1cc(C(CC(=O)O)C2(F)CC2)ccc1Cl)c1ccc(Cl)cc1)C(F)(F)F. The molecule has 0 bridgehead atoms. The fourth-order valence-electron chi connectivity index (χ4n) is 3.83. The summed E-state index contributed by atoms with van der Waals surface area (Å²) in [7, 11) is 0. The number of nitrogens with one attached hydrogen (secondary N) is 1. The van der Waals surface area contributed by atoms with Gasteiger partial charge in [-0.05, 0) is 48.2 Å². The van der Waals surface area contributed by atoms with Crippen molar-refractivity contribution < 1.29 is 32.3 Å². The van der Waals surface area contributed by atoms with Gasteiger partial charge in [0.25, 0.3) is 0 Å². The Kier molecular flexibility index (Phi) is 7.29. The highest BCUT2D eigenvalue weighted by Gasteiger charge is 2.51. The molecule has 2 aromatic rings. The van der Waals surface area contributed by atoms with Gasteiger partial charge in [-0.25, -0.2) is 4.39 Å². The predicted molar refractivity (Wildman–Crippen MR) is 118 cm³/mol. The van der Waals surface area contributed by atoms with E-state index in [2.05, 4.69) is 5.32 Å². The van der Waals surface area contributed by atoms with Crippen molar-refractivity contribution in [2.24, 2.45) is 5.92 Å². The second-order valence-corrected chi connectivity index (χ2v) is 9.12. The number of carbonyl (C=O) groups is 2. The largest absolute Gasteiger partial charge is 0.481 e. The zero-order chi connectivity index (χ0) is 24.6. The quantitative estimate of drug-likeness (QED) is 0.380. The minimum atomic E-state index is -4.66. The first-order valence-corrected chi connectivity index (χ1v) is 10.9. The maximum atomic E-state index is 14.8. The summed E-state index contributed by atoms with van der Waals surface area (Å²) < 4.78 is 55.4. The summed E-state index contributed by atoms with van der Waals surface area (Å²) >= 11 is 12.0. The van der Waals surface area contributed by atoms with Crippen LogP contribution in [0.2, 0.25) is 10.0 Å². The Balaban J connectivity index is 1.94. The van der Waals surface area contributed by atoms with E-state index in [-0.39, 0.29) is 29.1 Å². The highest BCUT2D eigenvalue weighted by Crippen LogP contribution is 2.53. The van der Waals surface area contributed by atoms with Crippen LogP contribution >= 0.6 is 23.2 Å². The van der Waals surface area contributed by atoms with Gasteiger partial charge in [-0.2, -0.15) is 13.2 Å². The predicted octanol–water partition coefficient (Wildman–Crippen LogP) is 6.97. The molecule has 0 aliphatic heterocycles. The summed E-state index contributed by atoms with van der Waals surface area (Å²) in [5, 5.41) is 11.9. The second-order valence-electron chi connectivity index (χ2n) is 8.27. The van der Waals surface area contributed by atoms with Gasteiger partial charge < -0.3 is 10.4 Å². The van der Waals surface area contributed by atoms with E-state index in [0.29, 0.717) is 10.6 Å². The van der Waals surface area contributed by atoms with Crippen LogP contribution in [0.4, 0.5) is 23.2 Å². The van der Waals surface area contributed by atoms with Crippen LogP contribution in [0.25, 0.3) is 0 Å². The maximum absolute atomic E-state index is 14.8. The van der Waals surface area contributed by atoms with Crippen LogP contribution in [0, 0.1) is 5.92 Å². The van der Waals surface area contributed by atoms with Crippen molar-refractivity contribution in [1.29, 1.82) is 0 Å². The number of hydrogen-bond acceptors (Lipinski definition) is 2. The van der Waals surface area contributed by atoms with E-state index in [4.69, 9.17) is 23.2 Å². The molecule has 1 aliphatic rings. The molecule has 0 aromatic heterocycles. The van der Waals surface area contributed by atoms with Crippen molar-refractivity contribution >= 4 is 40.8 Å². The summed E-state index contributed by atoms with van der Waals surface area (Å²) in [5.41, 5.74) is -1.29. The molecular formula is C23H21Cl2F4NO3. The fraction of sp³-hybridized carbons (Fsp3) is 0.391. The number of rotatable bonds is 8. The molecule has 1 fully saturated rings. The first kappa shape index (κ1) is 25.3. The van der Waals surface area contributed by atoms with Crippen LogP contribution in [0.3, 0.4) is 0 Å². The van der Waals surface area contributed by atoms with E-state index in [1.807, 2.05) is 0 Å². The van der Waals surface area contributed by atoms with Crippen LogP contribution in [0.1, 0.15) is 49.1 Å². The lowest BCUT2D eigenvalue weighted by molar-refractivity contribution is -0.178. The number of alkyl halides is 4. The van der Waals surface area contributed by atoms with Gasteiger partial charge in [0.1, 0.15) is 5.67 Å². The Bertz CT molecular complexity index is 1040. The van der Waals surface area contributed by atoms with E-state index < -0.39 is 47.9 Å². The van der Waals surface area contributed by atoms with Crippen LogP contribution in [-0.4, -0.2) is 28.8 Å². The van der Waals surface area contributed by atoms with Crippen molar-refractivity contribution in [2.75, 3.05) is 5.32 Å². The number of carboxylic acid groups (broad SMARTS) is 1. The van der Waals surface area contributed by atoms with Crippen molar-refractivity contribution in [3.63, 3.8) is 0 Å². The number of anilines is 1. The van der Waals surface area contributed by atoms with Crippen molar-refractivity contribution in [3.8, 4) is 0 Å². The highest BCUT2D eigenvalue weighted by molar-refractivity contribution is 6.33. The number of hydrogen-bond donors (Lipinski definition) is 2. The third-order valence-electron chi connectivity index (χ3n) is 5.91. The summed E-state index contributed by atoms with van der Waals surface area (Å²) in [6, 6.07) is 9.61. The zero-order valence-corrected chi connectivity index (χ0v) is 18.9. The van der Waals surface area contributed by atoms with Crippen LogP contribution in [0.5, 0.6) is 0 Å². The van der Waals surface area contributed by atoms with Crippen molar-refractivity contribution in [1.82, 2.24) is 0 Å². The number of carbonyl (C=O) groups excluding carboxylic acids is 1. The first-order valence-electron chi connectivity index (χ1n) is 10.1. The molecule has 1 amide bonds. The minimum absolute atomic E-state index is 0.0212.